The van der Waals surface area contributed by atoms with Crippen molar-refractivity contribution in [3.8, 4) is 11.4 Å². The highest BCUT2D eigenvalue weighted by atomic mass is 16.3. The van der Waals surface area contributed by atoms with Crippen LogP contribution in [0.5, 0.6) is 5.75 Å². The lowest BCUT2D eigenvalue weighted by Crippen LogP contribution is -1.97. The van der Waals surface area contributed by atoms with Crippen LogP contribution in [-0.2, 0) is 0 Å². The van der Waals surface area contributed by atoms with Crippen LogP contribution >= 0.6 is 0 Å². The van der Waals surface area contributed by atoms with E-state index >= 15 is 0 Å². The summed E-state index contributed by atoms with van der Waals surface area (Å²) in [6, 6.07) is 27.1. The van der Waals surface area contributed by atoms with E-state index in [1.165, 1.54) is 0 Å². The lowest BCUT2D eigenvalue weighted by atomic mass is 10.1. The summed E-state index contributed by atoms with van der Waals surface area (Å²) in [4.78, 5) is 6.13. The van der Waals surface area contributed by atoms with Crippen molar-refractivity contribution in [1.29, 1.82) is 0 Å². The minimum Gasteiger partial charge on any atom is -0.507 e. The van der Waals surface area contributed by atoms with Crippen LogP contribution in [0.25, 0.3) is 27.5 Å². The fourth-order valence-electron chi connectivity index (χ4n) is 3.15. The quantitative estimate of drug-likeness (QED) is 0.457. The van der Waals surface area contributed by atoms with Gasteiger partial charge in [-0.05, 0) is 53.2 Å². The van der Waals surface area contributed by atoms with Crippen molar-refractivity contribution in [3.05, 3.63) is 90.5 Å². The van der Waals surface area contributed by atoms with Crippen LogP contribution in [0.15, 0.2) is 89.9 Å². The molecular formula is C23H16N4O. The minimum atomic E-state index is 0.207. The van der Waals surface area contributed by atoms with E-state index in [-0.39, 0.29) is 5.75 Å². The molecule has 0 spiro atoms. The molecule has 0 unspecified atom stereocenters. The molecule has 0 saturated carbocycles. The zero-order valence-electron chi connectivity index (χ0n) is 14.9. The molecule has 0 saturated heterocycles. The van der Waals surface area contributed by atoms with Crippen molar-refractivity contribution in [2.75, 3.05) is 0 Å². The van der Waals surface area contributed by atoms with Gasteiger partial charge in [-0.25, -0.2) is 0 Å². The van der Waals surface area contributed by atoms with E-state index in [2.05, 4.69) is 15.2 Å². The van der Waals surface area contributed by atoms with Gasteiger partial charge in [-0.2, -0.15) is 4.80 Å². The van der Waals surface area contributed by atoms with E-state index in [0.717, 1.165) is 33.2 Å². The molecule has 0 aliphatic carbocycles. The molecule has 5 heteroatoms. The Labute approximate surface area is 161 Å². The lowest BCUT2D eigenvalue weighted by molar-refractivity contribution is 0.475. The van der Waals surface area contributed by atoms with Gasteiger partial charge in [-0.3, -0.25) is 4.99 Å². The molecule has 28 heavy (non-hydrogen) atoms. The Hall–Kier alpha value is -3.99. The fourth-order valence-corrected chi connectivity index (χ4v) is 3.15. The van der Waals surface area contributed by atoms with Gasteiger partial charge in [0.2, 0.25) is 0 Å². The van der Waals surface area contributed by atoms with E-state index in [4.69, 9.17) is 0 Å². The highest BCUT2D eigenvalue weighted by Gasteiger charge is 2.06. The highest BCUT2D eigenvalue weighted by Crippen LogP contribution is 2.25. The number of benzene rings is 4. The van der Waals surface area contributed by atoms with Crippen molar-refractivity contribution >= 4 is 33.7 Å². The van der Waals surface area contributed by atoms with Gasteiger partial charge in [0.05, 0.1) is 11.4 Å². The molecule has 1 heterocycles. The summed E-state index contributed by atoms with van der Waals surface area (Å²) in [5, 5.41) is 21.4. The summed E-state index contributed by atoms with van der Waals surface area (Å²) < 4.78 is 0. The Morgan fingerprint density at radius 2 is 1.46 bits per heavy atom. The Morgan fingerprint density at radius 1 is 0.750 bits per heavy atom. The second-order valence-electron chi connectivity index (χ2n) is 6.51. The van der Waals surface area contributed by atoms with Crippen LogP contribution in [0.3, 0.4) is 0 Å². The van der Waals surface area contributed by atoms with Crippen molar-refractivity contribution < 1.29 is 5.11 Å². The van der Waals surface area contributed by atoms with E-state index in [0.29, 0.717) is 5.56 Å². The van der Waals surface area contributed by atoms with Crippen molar-refractivity contribution in [2.45, 2.75) is 0 Å². The van der Waals surface area contributed by atoms with Crippen LogP contribution < -0.4 is 0 Å². The second kappa shape index (κ2) is 6.63. The average molecular weight is 364 g/mol. The minimum absolute atomic E-state index is 0.207. The average Bonchev–Trinajstić information content (AvgIpc) is 3.16. The predicted octanol–water partition coefficient (Wildman–Crippen LogP) is 5.03. The number of nitrogens with zero attached hydrogens (tertiary/aromatic N) is 4. The molecule has 5 nitrogen and oxygen atoms in total. The van der Waals surface area contributed by atoms with Crippen LogP contribution in [0.1, 0.15) is 5.56 Å². The molecular weight excluding hydrogens is 348 g/mol. The first-order valence-corrected chi connectivity index (χ1v) is 8.95. The smallest absolute Gasteiger partial charge is 0.124 e. The zero-order chi connectivity index (χ0) is 18.9. The number of aliphatic imine (C=N–C) groups is 1. The molecule has 0 aliphatic heterocycles. The summed E-state index contributed by atoms with van der Waals surface area (Å²) >= 11 is 0. The van der Waals surface area contributed by atoms with Crippen LogP contribution in [-0.4, -0.2) is 26.3 Å². The van der Waals surface area contributed by atoms with Crippen molar-refractivity contribution in [3.63, 3.8) is 0 Å². The maximum absolute atomic E-state index is 10.3. The van der Waals surface area contributed by atoms with Crippen molar-refractivity contribution in [2.24, 2.45) is 4.99 Å². The largest absolute Gasteiger partial charge is 0.507 e. The molecule has 0 bridgehead atoms. The number of hydrogen-bond acceptors (Lipinski definition) is 4. The summed E-state index contributed by atoms with van der Waals surface area (Å²) in [5.41, 5.74) is 3.90. The third kappa shape index (κ3) is 2.99. The summed E-state index contributed by atoms with van der Waals surface area (Å²) in [5.74, 6) is 0.207. The Balaban J connectivity index is 1.49. The van der Waals surface area contributed by atoms with Gasteiger partial charge in [0.25, 0.3) is 0 Å². The molecule has 0 aliphatic rings. The van der Waals surface area contributed by atoms with Crippen LogP contribution in [0, 0.1) is 0 Å². The Bertz CT molecular complexity index is 1320. The van der Waals surface area contributed by atoms with Gasteiger partial charge in [-0.15, -0.1) is 10.2 Å². The van der Waals surface area contributed by atoms with Gasteiger partial charge in [0.15, 0.2) is 0 Å². The zero-order valence-corrected chi connectivity index (χ0v) is 14.9. The first-order chi connectivity index (χ1) is 13.8. The van der Waals surface area contributed by atoms with Gasteiger partial charge >= 0.3 is 0 Å². The van der Waals surface area contributed by atoms with Gasteiger partial charge in [0.1, 0.15) is 16.8 Å². The third-order valence-corrected chi connectivity index (χ3v) is 4.60. The number of para-hydroxylation sites is 1. The summed E-state index contributed by atoms with van der Waals surface area (Å²) in [6.45, 7) is 0. The second-order valence-corrected chi connectivity index (χ2v) is 6.51. The van der Waals surface area contributed by atoms with Crippen LogP contribution in [0.4, 0.5) is 5.69 Å². The number of rotatable bonds is 3. The number of hydrogen-bond donors (Lipinski definition) is 1. The topological polar surface area (TPSA) is 63.3 Å². The normalized spacial score (nSPS) is 11.6. The molecule has 5 aromatic rings. The highest BCUT2D eigenvalue weighted by molar-refractivity contribution is 5.94. The molecule has 134 valence electrons. The molecule has 1 N–H and O–H groups in total. The number of aromatic nitrogens is 3. The van der Waals surface area contributed by atoms with E-state index in [1.54, 1.807) is 17.1 Å². The molecule has 0 radical (unpaired) electrons. The molecule has 5 rings (SSSR count). The summed E-state index contributed by atoms with van der Waals surface area (Å²) in [7, 11) is 0. The number of phenols is 1. The molecule has 4 aromatic carbocycles. The van der Waals surface area contributed by atoms with Gasteiger partial charge in [-0.1, -0.05) is 42.5 Å². The maximum atomic E-state index is 10.3. The SMILES string of the molecule is Oc1cc2ccccc2cc1C=Nc1ccc2nn(-c3ccccc3)nc2c1. The number of aromatic hydroxyl groups is 1. The van der Waals surface area contributed by atoms with E-state index in [9.17, 15) is 5.11 Å². The Morgan fingerprint density at radius 3 is 2.29 bits per heavy atom. The molecule has 0 fully saturated rings. The van der Waals surface area contributed by atoms with E-state index in [1.807, 2.05) is 78.9 Å². The Kier molecular flexibility index (Phi) is 3.84. The van der Waals surface area contributed by atoms with Crippen LogP contribution in [0.2, 0.25) is 0 Å². The van der Waals surface area contributed by atoms with Gasteiger partial charge in [0, 0.05) is 11.8 Å². The number of fused-ring (bicyclic) bond motifs is 2. The first-order valence-electron chi connectivity index (χ1n) is 8.95. The third-order valence-electron chi connectivity index (χ3n) is 4.60. The molecule has 1 aromatic heterocycles. The fraction of sp³-hybridized carbons (Fsp3) is 0. The van der Waals surface area contributed by atoms with E-state index < -0.39 is 0 Å². The molecule has 0 atom stereocenters. The molecule has 0 amide bonds. The predicted molar refractivity (Wildman–Crippen MR) is 112 cm³/mol. The van der Waals surface area contributed by atoms with Crippen molar-refractivity contribution in [1.82, 2.24) is 15.0 Å². The standard InChI is InChI=1S/C23H16N4O/c28-23-13-17-7-5-4-6-16(17)12-18(23)15-24-19-10-11-21-22(14-19)26-27(25-21)20-8-2-1-3-9-20/h1-15,28H. The first kappa shape index (κ1) is 16.2. The maximum Gasteiger partial charge on any atom is 0.124 e. The summed E-state index contributed by atoms with van der Waals surface area (Å²) in [6.07, 6.45) is 1.67. The number of phenolic OH excluding ortho intramolecular Hbond substituents is 1. The lowest BCUT2D eigenvalue weighted by Gasteiger charge is -2.02. The van der Waals surface area contributed by atoms with Gasteiger partial charge < -0.3 is 5.11 Å². The monoisotopic (exact) mass is 364 g/mol.